The first-order valence-corrected chi connectivity index (χ1v) is 7.30. The quantitative estimate of drug-likeness (QED) is 0.836. The van der Waals surface area contributed by atoms with Gasteiger partial charge >= 0.3 is 5.97 Å². The van der Waals surface area contributed by atoms with Crippen LogP contribution in [0.4, 0.5) is 0 Å². The van der Waals surface area contributed by atoms with E-state index in [-0.39, 0.29) is 29.2 Å². The van der Waals surface area contributed by atoms with Crippen LogP contribution in [0.3, 0.4) is 0 Å². The molecule has 1 fully saturated rings. The van der Waals surface area contributed by atoms with Gasteiger partial charge < -0.3 is 14.8 Å². The Morgan fingerprint density at radius 1 is 1.32 bits per heavy atom. The summed E-state index contributed by atoms with van der Waals surface area (Å²) in [6.07, 6.45) is 0. The van der Waals surface area contributed by atoms with Crippen LogP contribution in [0.2, 0.25) is 0 Å². The summed E-state index contributed by atoms with van der Waals surface area (Å²) < 4.78 is 31.5. The van der Waals surface area contributed by atoms with Gasteiger partial charge in [0.25, 0.3) is 0 Å². The van der Waals surface area contributed by atoms with E-state index in [0.29, 0.717) is 18.9 Å². The maximum Gasteiger partial charge on any atom is 0.352 e. The lowest BCUT2D eigenvalue weighted by atomic mass is 10.2. The monoisotopic (exact) mass is 288 g/mol. The Kier molecular flexibility index (Phi) is 3.66. The fourth-order valence-corrected chi connectivity index (χ4v) is 4.06. The number of hydrogen-bond donors (Lipinski definition) is 2. The summed E-state index contributed by atoms with van der Waals surface area (Å²) in [5.74, 6) is -1.16. The third-order valence-electron chi connectivity index (χ3n) is 3.15. The molecule has 1 saturated heterocycles. The molecule has 2 N–H and O–H groups in total. The highest BCUT2D eigenvalue weighted by Crippen LogP contribution is 2.26. The maximum absolute atomic E-state index is 12.5. The predicted octanol–water partition coefficient (Wildman–Crippen LogP) is 0.351. The number of sulfonamides is 1. The van der Waals surface area contributed by atoms with Crippen molar-refractivity contribution in [2.45, 2.75) is 18.7 Å². The van der Waals surface area contributed by atoms with Crippen LogP contribution in [0, 0.1) is 13.8 Å². The van der Waals surface area contributed by atoms with Crippen molar-refractivity contribution < 1.29 is 23.1 Å². The Labute approximate surface area is 111 Å². The average Bonchev–Trinajstić information content (AvgIpc) is 2.66. The van der Waals surface area contributed by atoms with Crippen LogP contribution >= 0.6 is 0 Å². The SMILES string of the molecule is Cc1[nH]c(C(=O)O)c(C)c1S(=O)(=O)N1CCOCC1. The lowest BCUT2D eigenvalue weighted by molar-refractivity contribution is 0.0690. The van der Waals surface area contributed by atoms with Gasteiger partial charge in [-0.3, -0.25) is 0 Å². The number of hydrogen-bond acceptors (Lipinski definition) is 4. The first-order chi connectivity index (χ1) is 8.85. The third kappa shape index (κ3) is 2.38. The molecule has 7 nitrogen and oxygen atoms in total. The smallest absolute Gasteiger partial charge is 0.352 e. The summed E-state index contributed by atoms with van der Waals surface area (Å²) in [5.41, 5.74) is 0.516. The summed E-state index contributed by atoms with van der Waals surface area (Å²) in [4.78, 5) is 13.7. The van der Waals surface area contributed by atoms with Crippen LogP contribution in [-0.4, -0.2) is 55.1 Å². The fraction of sp³-hybridized carbons (Fsp3) is 0.545. The Morgan fingerprint density at radius 2 is 1.89 bits per heavy atom. The average molecular weight is 288 g/mol. The van der Waals surface area contributed by atoms with Crippen LogP contribution in [0.1, 0.15) is 21.7 Å². The molecule has 0 unspecified atom stereocenters. The number of carbonyl (C=O) groups is 1. The zero-order chi connectivity index (χ0) is 14.2. The van der Waals surface area contributed by atoms with Crippen molar-refractivity contribution in [1.82, 2.24) is 9.29 Å². The normalized spacial score (nSPS) is 17.6. The van der Waals surface area contributed by atoms with Crippen molar-refractivity contribution in [2.75, 3.05) is 26.3 Å². The van der Waals surface area contributed by atoms with Gasteiger partial charge in [-0.2, -0.15) is 4.31 Å². The van der Waals surface area contributed by atoms with Gasteiger partial charge in [-0.15, -0.1) is 0 Å². The third-order valence-corrected chi connectivity index (χ3v) is 5.32. The summed E-state index contributed by atoms with van der Waals surface area (Å²) >= 11 is 0. The zero-order valence-electron chi connectivity index (χ0n) is 10.8. The molecule has 0 atom stereocenters. The zero-order valence-corrected chi connectivity index (χ0v) is 11.6. The minimum absolute atomic E-state index is 0.0619. The molecule has 2 heterocycles. The van der Waals surface area contributed by atoms with E-state index in [1.54, 1.807) is 6.92 Å². The highest BCUT2D eigenvalue weighted by Gasteiger charge is 2.32. The molecule has 106 valence electrons. The lowest BCUT2D eigenvalue weighted by Crippen LogP contribution is -2.40. The molecule has 8 heteroatoms. The molecular formula is C11H16N2O5S. The molecule has 0 radical (unpaired) electrons. The topological polar surface area (TPSA) is 99.7 Å². The first kappa shape index (κ1) is 14.0. The van der Waals surface area contributed by atoms with Gasteiger partial charge in [0.2, 0.25) is 10.0 Å². The van der Waals surface area contributed by atoms with Crippen LogP contribution in [-0.2, 0) is 14.8 Å². The fourth-order valence-electron chi connectivity index (χ4n) is 2.25. The molecule has 0 amide bonds. The van der Waals surface area contributed by atoms with Crippen molar-refractivity contribution in [3.63, 3.8) is 0 Å². The summed E-state index contributed by atoms with van der Waals surface area (Å²) in [7, 11) is -3.68. The molecule has 2 rings (SSSR count). The highest BCUT2D eigenvalue weighted by molar-refractivity contribution is 7.89. The molecule has 1 aliphatic rings. The molecule has 0 aromatic carbocycles. The van der Waals surface area contributed by atoms with E-state index in [1.165, 1.54) is 11.2 Å². The van der Waals surface area contributed by atoms with Gasteiger partial charge in [0.1, 0.15) is 10.6 Å². The Hall–Kier alpha value is -1.38. The number of H-pyrrole nitrogens is 1. The van der Waals surface area contributed by atoms with Gasteiger partial charge in [-0.1, -0.05) is 0 Å². The molecule has 1 aliphatic heterocycles. The van der Waals surface area contributed by atoms with E-state index in [0.717, 1.165) is 0 Å². The number of nitrogens with zero attached hydrogens (tertiary/aromatic N) is 1. The van der Waals surface area contributed by atoms with E-state index < -0.39 is 16.0 Å². The largest absolute Gasteiger partial charge is 0.477 e. The minimum atomic E-state index is -3.68. The molecule has 0 bridgehead atoms. The molecule has 0 spiro atoms. The van der Waals surface area contributed by atoms with E-state index in [9.17, 15) is 13.2 Å². The number of aromatic nitrogens is 1. The lowest BCUT2D eigenvalue weighted by Gasteiger charge is -2.26. The molecule has 1 aromatic heterocycles. The van der Waals surface area contributed by atoms with Gasteiger partial charge in [0.15, 0.2) is 0 Å². The van der Waals surface area contributed by atoms with Crippen molar-refractivity contribution in [2.24, 2.45) is 0 Å². The molecule has 0 saturated carbocycles. The van der Waals surface area contributed by atoms with Crippen LogP contribution in [0.5, 0.6) is 0 Å². The van der Waals surface area contributed by atoms with Gasteiger partial charge in [0, 0.05) is 24.3 Å². The number of morpholine rings is 1. The second-order valence-corrected chi connectivity index (χ2v) is 6.28. The standard InChI is InChI=1S/C11H16N2O5S/c1-7-9(11(14)15)12-8(2)10(7)19(16,17)13-3-5-18-6-4-13/h12H,3-6H2,1-2H3,(H,14,15). The molecule has 1 aromatic rings. The predicted molar refractivity (Wildman–Crippen MR) is 66.8 cm³/mol. The summed E-state index contributed by atoms with van der Waals surface area (Å²) in [6.45, 7) is 4.34. The van der Waals surface area contributed by atoms with Crippen molar-refractivity contribution in [1.29, 1.82) is 0 Å². The number of rotatable bonds is 3. The molecule has 0 aliphatic carbocycles. The summed E-state index contributed by atoms with van der Waals surface area (Å²) in [5, 5.41) is 9.02. The second-order valence-electron chi connectivity index (χ2n) is 4.40. The van der Waals surface area contributed by atoms with Crippen LogP contribution in [0.25, 0.3) is 0 Å². The second kappa shape index (κ2) is 4.95. The number of nitrogens with one attached hydrogen (secondary N) is 1. The number of carboxylic acid groups (broad SMARTS) is 1. The van der Waals surface area contributed by atoms with E-state index >= 15 is 0 Å². The van der Waals surface area contributed by atoms with E-state index in [4.69, 9.17) is 9.84 Å². The highest BCUT2D eigenvalue weighted by atomic mass is 32.2. The number of aryl methyl sites for hydroxylation is 1. The van der Waals surface area contributed by atoms with E-state index in [1.807, 2.05) is 0 Å². The van der Waals surface area contributed by atoms with Gasteiger partial charge in [-0.05, 0) is 13.8 Å². The number of aromatic amines is 1. The Balaban J connectivity index is 2.48. The van der Waals surface area contributed by atoms with Crippen molar-refractivity contribution in [3.8, 4) is 0 Å². The van der Waals surface area contributed by atoms with Gasteiger partial charge in [0.05, 0.1) is 13.2 Å². The molecular weight excluding hydrogens is 272 g/mol. The van der Waals surface area contributed by atoms with Crippen LogP contribution in [0.15, 0.2) is 4.90 Å². The Morgan fingerprint density at radius 3 is 2.37 bits per heavy atom. The minimum Gasteiger partial charge on any atom is -0.477 e. The van der Waals surface area contributed by atoms with Gasteiger partial charge in [-0.25, -0.2) is 13.2 Å². The first-order valence-electron chi connectivity index (χ1n) is 5.86. The van der Waals surface area contributed by atoms with Crippen LogP contribution < -0.4 is 0 Å². The van der Waals surface area contributed by atoms with Crippen molar-refractivity contribution in [3.05, 3.63) is 17.0 Å². The molecule has 19 heavy (non-hydrogen) atoms. The summed E-state index contributed by atoms with van der Waals surface area (Å²) in [6, 6.07) is 0. The van der Waals surface area contributed by atoms with E-state index in [2.05, 4.69) is 4.98 Å². The maximum atomic E-state index is 12.5. The number of carboxylic acids is 1. The number of ether oxygens (including phenoxy) is 1. The van der Waals surface area contributed by atoms with Crippen molar-refractivity contribution >= 4 is 16.0 Å². The number of aromatic carboxylic acids is 1. The Bertz CT molecular complexity index is 599.